The third-order valence-electron chi connectivity index (χ3n) is 3.23. The van der Waals surface area contributed by atoms with Crippen molar-refractivity contribution in [2.24, 2.45) is 5.73 Å². The molecule has 1 aromatic heterocycles. The van der Waals surface area contributed by atoms with Crippen LogP contribution in [-0.4, -0.2) is 15.6 Å². The van der Waals surface area contributed by atoms with Gasteiger partial charge < -0.3 is 15.4 Å². The van der Waals surface area contributed by atoms with Crippen LogP contribution >= 0.6 is 0 Å². The molecular formula is C13H15FN2O2. The monoisotopic (exact) mass is 250 g/mol. The van der Waals surface area contributed by atoms with Crippen LogP contribution in [0.3, 0.4) is 0 Å². The molecule has 0 bridgehead atoms. The molecule has 0 amide bonds. The van der Waals surface area contributed by atoms with E-state index < -0.39 is 12.0 Å². The Balaban J connectivity index is 2.86. The third kappa shape index (κ3) is 1.67. The van der Waals surface area contributed by atoms with E-state index in [0.29, 0.717) is 28.7 Å². The van der Waals surface area contributed by atoms with Gasteiger partial charge in [-0.15, -0.1) is 0 Å². The Morgan fingerprint density at radius 2 is 2.22 bits per heavy atom. The number of hydrogen-bond acceptors (Lipinski definition) is 2. The summed E-state index contributed by atoms with van der Waals surface area (Å²) in [5.41, 5.74) is 7.29. The molecule has 0 aliphatic heterocycles. The van der Waals surface area contributed by atoms with Gasteiger partial charge in [0.1, 0.15) is 11.9 Å². The topological polar surface area (TPSA) is 68.2 Å². The highest BCUT2D eigenvalue weighted by Gasteiger charge is 2.24. The lowest BCUT2D eigenvalue weighted by Crippen LogP contribution is -2.21. The van der Waals surface area contributed by atoms with E-state index >= 15 is 0 Å². The molecule has 0 radical (unpaired) electrons. The van der Waals surface area contributed by atoms with Crippen molar-refractivity contribution in [3.05, 3.63) is 35.3 Å². The van der Waals surface area contributed by atoms with Crippen LogP contribution in [0.4, 0.5) is 4.39 Å². The van der Waals surface area contributed by atoms with E-state index in [1.807, 2.05) is 6.92 Å². The summed E-state index contributed by atoms with van der Waals surface area (Å²) >= 11 is 0. The van der Waals surface area contributed by atoms with Crippen molar-refractivity contribution in [2.75, 3.05) is 0 Å². The molecule has 96 valence electrons. The predicted molar refractivity (Wildman–Crippen MR) is 66.9 cm³/mol. The quantitative estimate of drug-likeness (QED) is 0.877. The standard InChI is InChI=1S/C13H15FN2O2/c1-3-16-7(2)10(11(15)13(17)18)8-5-4-6-9(14)12(8)16/h4-6,11H,3,15H2,1-2H3,(H,17,18). The lowest BCUT2D eigenvalue weighted by molar-refractivity contribution is -0.138. The molecule has 1 unspecified atom stereocenters. The Hall–Kier alpha value is -1.88. The van der Waals surface area contributed by atoms with E-state index in [4.69, 9.17) is 10.8 Å². The zero-order chi connectivity index (χ0) is 13.4. The molecule has 0 saturated heterocycles. The van der Waals surface area contributed by atoms with E-state index in [-0.39, 0.29) is 5.82 Å². The second-order valence-corrected chi connectivity index (χ2v) is 4.20. The molecule has 18 heavy (non-hydrogen) atoms. The minimum atomic E-state index is -1.14. The van der Waals surface area contributed by atoms with Gasteiger partial charge in [-0.25, -0.2) is 4.39 Å². The molecule has 5 heteroatoms. The maximum absolute atomic E-state index is 13.9. The first kappa shape index (κ1) is 12.6. The Kier molecular flexibility index (Phi) is 3.09. The van der Waals surface area contributed by atoms with Crippen LogP contribution in [-0.2, 0) is 11.3 Å². The van der Waals surface area contributed by atoms with E-state index in [0.717, 1.165) is 0 Å². The first-order valence-corrected chi connectivity index (χ1v) is 5.74. The smallest absolute Gasteiger partial charge is 0.325 e. The maximum atomic E-state index is 13.9. The van der Waals surface area contributed by atoms with Gasteiger partial charge in [0.25, 0.3) is 0 Å². The SMILES string of the molecule is CCn1c(C)c(C(N)C(=O)O)c2cccc(F)c21. The van der Waals surface area contributed by atoms with Crippen LogP contribution in [0.2, 0.25) is 0 Å². The summed E-state index contributed by atoms with van der Waals surface area (Å²) in [7, 11) is 0. The maximum Gasteiger partial charge on any atom is 0.325 e. The minimum Gasteiger partial charge on any atom is -0.480 e. The highest BCUT2D eigenvalue weighted by molar-refractivity contribution is 5.91. The van der Waals surface area contributed by atoms with E-state index in [9.17, 15) is 9.18 Å². The molecule has 4 nitrogen and oxygen atoms in total. The van der Waals surface area contributed by atoms with Gasteiger partial charge >= 0.3 is 5.97 Å². The minimum absolute atomic E-state index is 0.360. The van der Waals surface area contributed by atoms with E-state index in [2.05, 4.69) is 0 Å². The largest absolute Gasteiger partial charge is 0.480 e. The summed E-state index contributed by atoms with van der Waals surface area (Å²) in [6.45, 7) is 4.21. The molecule has 1 atom stereocenters. The summed E-state index contributed by atoms with van der Waals surface area (Å²) in [5, 5.41) is 9.62. The lowest BCUT2D eigenvalue weighted by Gasteiger charge is -2.08. The van der Waals surface area contributed by atoms with Gasteiger partial charge in [-0.1, -0.05) is 12.1 Å². The van der Waals surface area contributed by atoms with Crippen LogP contribution < -0.4 is 5.73 Å². The number of carboxylic acid groups (broad SMARTS) is 1. The second kappa shape index (κ2) is 4.42. The first-order chi connectivity index (χ1) is 8.49. The molecule has 2 aromatic rings. The Bertz CT molecular complexity index is 619. The zero-order valence-corrected chi connectivity index (χ0v) is 10.3. The van der Waals surface area contributed by atoms with Gasteiger partial charge in [-0.2, -0.15) is 0 Å². The van der Waals surface area contributed by atoms with Gasteiger partial charge in [-0.05, 0) is 19.9 Å². The number of carbonyl (C=O) groups is 1. The fraction of sp³-hybridized carbons (Fsp3) is 0.308. The van der Waals surface area contributed by atoms with Crippen molar-refractivity contribution >= 4 is 16.9 Å². The number of carboxylic acids is 1. The molecule has 0 fully saturated rings. The van der Waals surface area contributed by atoms with Gasteiger partial charge in [-0.3, -0.25) is 4.79 Å². The van der Waals surface area contributed by atoms with Gasteiger partial charge in [0, 0.05) is 23.2 Å². The van der Waals surface area contributed by atoms with Crippen molar-refractivity contribution in [1.29, 1.82) is 0 Å². The van der Waals surface area contributed by atoms with E-state index in [1.54, 1.807) is 23.6 Å². The number of rotatable bonds is 3. The normalized spacial score (nSPS) is 12.9. The van der Waals surface area contributed by atoms with Crippen molar-refractivity contribution in [3.63, 3.8) is 0 Å². The number of nitrogens with two attached hydrogens (primary N) is 1. The summed E-state index contributed by atoms with van der Waals surface area (Å²) in [6, 6.07) is 3.50. The average Bonchev–Trinajstić information content (AvgIpc) is 2.61. The van der Waals surface area contributed by atoms with Crippen molar-refractivity contribution in [2.45, 2.75) is 26.4 Å². The number of benzene rings is 1. The number of fused-ring (bicyclic) bond motifs is 1. The molecule has 2 rings (SSSR count). The van der Waals surface area contributed by atoms with Crippen LogP contribution in [0.1, 0.15) is 24.2 Å². The average molecular weight is 250 g/mol. The van der Waals surface area contributed by atoms with E-state index in [1.165, 1.54) is 6.07 Å². The Labute approximate surface area is 104 Å². The lowest BCUT2D eigenvalue weighted by atomic mass is 10.0. The van der Waals surface area contributed by atoms with Crippen LogP contribution in [0.15, 0.2) is 18.2 Å². The molecule has 3 N–H and O–H groups in total. The van der Waals surface area contributed by atoms with Crippen LogP contribution in [0.25, 0.3) is 10.9 Å². The third-order valence-corrected chi connectivity index (χ3v) is 3.23. The number of aryl methyl sites for hydroxylation is 1. The molecular weight excluding hydrogens is 235 g/mol. The Morgan fingerprint density at radius 1 is 1.56 bits per heavy atom. The molecule has 1 aromatic carbocycles. The van der Waals surface area contributed by atoms with Crippen molar-refractivity contribution in [1.82, 2.24) is 4.57 Å². The van der Waals surface area contributed by atoms with Gasteiger partial charge in [0.2, 0.25) is 0 Å². The highest BCUT2D eigenvalue weighted by atomic mass is 19.1. The number of aliphatic carboxylic acids is 1. The second-order valence-electron chi connectivity index (χ2n) is 4.20. The summed E-state index contributed by atoms with van der Waals surface area (Å²) in [6.07, 6.45) is 0. The Morgan fingerprint density at radius 3 is 2.78 bits per heavy atom. The summed E-state index contributed by atoms with van der Waals surface area (Å²) in [4.78, 5) is 11.1. The van der Waals surface area contributed by atoms with Crippen molar-refractivity contribution < 1.29 is 14.3 Å². The highest BCUT2D eigenvalue weighted by Crippen LogP contribution is 2.31. The van der Waals surface area contributed by atoms with Crippen LogP contribution in [0.5, 0.6) is 0 Å². The molecule has 0 aliphatic rings. The van der Waals surface area contributed by atoms with Crippen LogP contribution in [0, 0.1) is 12.7 Å². The number of nitrogens with zero attached hydrogens (tertiary/aromatic N) is 1. The molecule has 0 saturated carbocycles. The predicted octanol–water partition coefficient (Wildman–Crippen LogP) is 2.19. The first-order valence-electron chi connectivity index (χ1n) is 5.74. The number of halogens is 1. The van der Waals surface area contributed by atoms with Gasteiger partial charge in [0.15, 0.2) is 0 Å². The summed E-state index contributed by atoms with van der Waals surface area (Å²) < 4.78 is 15.6. The number of hydrogen-bond donors (Lipinski definition) is 2. The fourth-order valence-corrected chi connectivity index (χ4v) is 2.43. The molecule has 0 spiro atoms. The molecule has 1 heterocycles. The van der Waals surface area contributed by atoms with Gasteiger partial charge in [0.05, 0.1) is 5.52 Å². The molecule has 0 aliphatic carbocycles. The van der Waals surface area contributed by atoms with Crippen molar-refractivity contribution in [3.8, 4) is 0 Å². The summed E-state index contributed by atoms with van der Waals surface area (Å²) in [5.74, 6) is -1.47. The zero-order valence-electron chi connectivity index (χ0n) is 10.3. The number of para-hydroxylation sites is 1. The number of aromatic nitrogens is 1. The fourth-order valence-electron chi connectivity index (χ4n) is 2.43.